The molecule has 0 bridgehead atoms. The van der Waals surface area contributed by atoms with Gasteiger partial charge in [-0.05, 0) is 74.7 Å². The van der Waals surface area contributed by atoms with Gasteiger partial charge < -0.3 is 4.90 Å². The zero-order valence-electron chi connectivity index (χ0n) is 18.1. The Balaban J connectivity index is 0.00000341. The summed E-state index contributed by atoms with van der Waals surface area (Å²) in [6.45, 7) is 3.55. The van der Waals surface area contributed by atoms with Crippen LogP contribution in [0.15, 0.2) is 47.4 Å². The molecule has 0 saturated heterocycles. The molecule has 0 saturated carbocycles. The summed E-state index contributed by atoms with van der Waals surface area (Å²) in [5, 5.41) is 0.774. The van der Waals surface area contributed by atoms with Crippen molar-refractivity contribution in [2.45, 2.75) is 31.1 Å². The lowest BCUT2D eigenvalue weighted by Gasteiger charge is -2.22. The molecule has 2 aromatic carbocycles. The number of thioether (sulfide) groups is 1. The van der Waals surface area contributed by atoms with Crippen LogP contribution in [0.25, 0.3) is 10.2 Å². The van der Waals surface area contributed by atoms with Gasteiger partial charge in [0, 0.05) is 24.4 Å². The molecule has 4 nitrogen and oxygen atoms in total. The van der Waals surface area contributed by atoms with Gasteiger partial charge in [0.05, 0.1) is 10.2 Å². The molecular weight excluding hydrogens is 453 g/mol. The van der Waals surface area contributed by atoms with Crippen LogP contribution >= 0.6 is 35.5 Å². The van der Waals surface area contributed by atoms with E-state index in [1.54, 1.807) is 35.2 Å². The SMILES string of the molecule is CCc1ccc2nc(N(CCN(C)C)C(=O)CCCSc3ccc(F)cc3)sc2c1.Cl. The standard InChI is InChI=1S/C23H28FN3OS2.ClH/c1-4-17-7-12-20-21(16-17)30-23(25-20)27(14-13-26(2)3)22(28)6-5-15-29-19-10-8-18(24)9-11-19;/h7-12,16H,4-6,13-15H2,1-3H3;1H. The van der Waals surface area contributed by atoms with Gasteiger partial charge in [0.25, 0.3) is 0 Å². The average Bonchev–Trinajstić information content (AvgIpc) is 3.15. The van der Waals surface area contributed by atoms with Crippen LogP contribution in [-0.4, -0.2) is 48.7 Å². The molecule has 0 fully saturated rings. The van der Waals surface area contributed by atoms with Gasteiger partial charge in [-0.2, -0.15) is 0 Å². The monoisotopic (exact) mass is 481 g/mol. The Labute approximate surface area is 198 Å². The number of likely N-dealkylation sites (N-methyl/N-ethyl adjacent to an activating group) is 1. The Bertz CT molecular complexity index is 979. The molecule has 0 radical (unpaired) electrons. The van der Waals surface area contributed by atoms with Crippen LogP contribution in [-0.2, 0) is 11.2 Å². The maximum atomic E-state index is 13.0. The van der Waals surface area contributed by atoms with Crippen molar-refractivity contribution in [2.75, 3.05) is 37.8 Å². The number of fused-ring (bicyclic) bond motifs is 1. The van der Waals surface area contributed by atoms with Gasteiger partial charge in [0.15, 0.2) is 5.13 Å². The highest BCUT2D eigenvalue weighted by atomic mass is 35.5. The molecule has 0 N–H and O–H groups in total. The number of rotatable bonds is 10. The lowest BCUT2D eigenvalue weighted by molar-refractivity contribution is -0.118. The number of nitrogens with zero attached hydrogens (tertiary/aromatic N) is 3. The third-order valence-electron chi connectivity index (χ3n) is 4.77. The number of anilines is 1. The van der Waals surface area contributed by atoms with E-state index in [4.69, 9.17) is 4.98 Å². The summed E-state index contributed by atoms with van der Waals surface area (Å²) in [6.07, 6.45) is 2.22. The second kappa shape index (κ2) is 12.4. The molecule has 3 aromatic rings. The fraction of sp³-hybridized carbons (Fsp3) is 0.391. The quantitative estimate of drug-likeness (QED) is 0.267. The largest absolute Gasteiger partial charge is 0.308 e. The fourth-order valence-corrected chi connectivity index (χ4v) is 4.92. The maximum Gasteiger partial charge on any atom is 0.228 e. The van der Waals surface area contributed by atoms with Crippen molar-refractivity contribution in [1.29, 1.82) is 0 Å². The molecule has 3 rings (SSSR count). The van der Waals surface area contributed by atoms with Gasteiger partial charge in [-0.15, -0.1) is 24.2 Å². The summed E-state index contributed by atoms with van der Waals surface area (Å²) < 4.78 is 14.1. The van der Waals surface area contributed by atoms with Gasteiger partial charge in [-0.3, -0.25) is 9.69 Å². The Hall–Kier alpha value is -1.67. The number of hydrogen-bond donors (Lipinski definition) is 0. The smallest absolute Gasteiger partial charge is 0.228 e. The minimum absolute atomic E-state index is 0. The van der Waals surface area contributed by atoms with E-state index in [2.05, 4.69) is 24.0 Å². The van der Waals surface area contributed by atoms with E-state index in [0.717, 1.165) is 45.4 Å². The molecule has 1 amide bonds. The summed E-state index contributed by atoms with van der Waals surface area (Å²) in [5.41, 5.74) is 2.23. The number of halogens is 2. The number of carbonyl (C=O) groups excluding carboxylic acids is 1. The minimum atomic E-state index is -0.229. The summed E-state index contributed by atoms with van der Waals surface area (Å²) >= 11 is 3.23. The molecule has 8 heteroatoms. The van der Waals surface area contributed by atoms with Crippen LogP contribution in [0.5, 0.6) is 0 Å². The predicted molar refractivity (Wildman–Crippen MR) is 134 cm³/mol. The van der Waals surface area contributed by atoms with E-state index in [0.29, 0.717) is 13.0 Å². The number of hydrogen-bond acceptors (Lipinski definition) is 5. The van der Waals surface area contributed by atoms with Gasteiger partial charge >= 0.3 is 0 Å². The van der Waals surface area contributed by atoms with Gasteiger partial charge in [0.2, 0.25) is 5.91 Å². The molecule has 0 aliphatic rings. The molecule has 0 unspecified atom stereocenters. The molecule has 0 aliphatic carbocycles. The number of aromatic nitrogens is 1. The van der Waals surface area contributed by atoms with Crippen LogP contribution in [0, 0.1) is 5.82 Å². The Morgan fingerprint density at radius 1 is 1.13 bits per heavy atom. The Morgan fingerprint density at radius 3 is 2.55 bits per heavy atom. The molecule has 168 valence electrons. The number of carbonyl (C=O) groups is 1. The topological polar surface area (TPSA) is 36.4 Å². The molecule has 0 aliphatic heterocycles. The first kappa shape index (κ1) is 25.6. The minimum Gasteiger partial charge on any atom is -0.308 e. The molecular formula is C23H29ClFN3OS2. The summed E-state index contributed by atoms with van der Waals surface area (Å²) in [7, 11) is 4.02. The first-order valence-corrected chi connectivity index (χ1v) is 12.0. The number of benzene rings is 2. The van der Waals surface area contributed by atoms with Crippen molar-refractivity contribution in [3.05, 3.63) is 53.8 Å². The third-order valence-corrected chi connectivity index (χ3v) is 6.91. The summed E-state index contributed by atoms with van der Waals surface area (Å²) in [4.78, 5) is 22.7. The van der Waals surface area contributed by atoms with Gasteiger partial charge in [-0.1, -0.05) is 24.3 Å². The average molecular weight is 482 g/mol. The highest BCUT2D eigenvalue weighted by Crippen LogP contribution is 2.30. The van der Waals surface area contributed by atoms with E-state index in [1.807, 2.05) is 25.1 Å². The Kier molecular flexibility index (Phi) is 10.2. The van der Waals surface area contributed by atoms with Crippen molar-refractivity contribution < 1.29 is 9.18 Å². The lowest BCUT2D eigenvalue weighted by atomic mass is 10.2. The first-order chi connectivity index (χ1) is 14.5. The highest BCUT2D eigenvalue weighted by molar-refractivity contribution is 7.99. The number of amides is 1. The molecule has 1 heterocycles. The van der Waals surface area contributed by atoms with E-state index in [1.165, 1.54) is 17.7 Å². The number of aryl methyl sites for hydroxylation is 1. The van der Waals surface area contributed by atoms with Crippen LogP contribution in [0.4, 0.5) is 9.52 Å². The van der Waals surface area contributed by atoms with Crippen LogP contribution < -0.4 is 4.90 Å². The number of thiazole rings is 1. The van der Waals surface area contributed by atoms with E-state index in [-0.39, 0.29) is 24.1 Å². The first-order valence-electron chi connectivity index (χ1n) is 10.2. The van der Waals surface area contributed by atoms with Crippen LogP contribution in [0.1, 0.15) is 25.3 Å². The normalized spacial score (nSPS) is 11.0. The fourth-order valence-electron chi connectivity index (χ4n) is 3.00. The molecule has 31 heavy (non-hydrogen) atoms. The van der Waals surface area contributed by atoms with E-state index < -0.39 is 0 Å². The van der Waals surface area contributed by atoms with Crippen molar-refractivity contribution in [2.24, 2.45) is 0 Å². The Morgan fingerprint density at radius 2 is 1.87 bits per heavy atom. The lowest BCUT2D eigenvalue weighted by Crippen LogP contribution is -2.36. The molecule has 0 atom stereocenters. The van der Waals surface area contributed by atoms with Crippen molar-refractivity contribution in [3.63, 3.8) is 0 Å². The van der Waals surface area contributed by atoms with Crippen LogP contribution in [0.2, 0.25) is 0 Å². The summed E-state index contributed by atoms with van der Waals surface area (Å²) in [5.74, 6) is 0.692. The summed E-state index contributed by atoms with van der Waals surface area (Å²) in [6, 6.07) is 12.8. The predicted octanol–water partition coefficient (Wildman–Crippen LogP) is 5.89. The van der Waals surface area contributed by atoms with E-state index in [9.17, 15) is 9.18 Å². The van der Waals surface area contributed by atoms with Gasteiger partial charge in [0.1, 0.15) is 5.82 Å². The zero-order chi connectivity index (χ0) is 21.5. The molecule has 1 aromatic heterocycles. The van der Waals surface area contributed by atoms with Crippen molar-refractivity contribution in [3.8, 4) is 0 Å². The molecule has 0 spiro atoms. The second-order valence-electron chi connectivity index (χ2n) is 7.41. The van der Waals surface area contributed by atoms with Gasteiger partial charge in [-0.25, -0.2) is 9.37 Å². The third kappa shape index (κ3) is 7.45. The van der Waals surface area contributed by atoms with Crippen molar-refractivity contribution >= 4 is 56.8 Å². The zero-order valence-corrected chi connectivity index (χ0v) is 20.6. The maximum absolute atomic E-state index is 13.0. The van der Waals surface area contributed by atoms with E-state index >= 15 is 0 Å². The van der Waals surface area contributed by atoms with Crippen molar-refractivity contribution in [1.82, 2.24) is 9.88 Å². The van der Waals surface area contributed by atoms with Crippen LogP contribution in [0.3, 0.4) is 0 Å². The second-order valence-corrected chi connectivity index (χ2v) is 9.58. The highest BCUT2D eigenvalue weighted by Gasteiger charge is 2.19.